The number of carbonyl (C=O) groups is 2. The summed E-state index contributed by atoms with van der Waals surface area (Å²) in [6.45, 7) is 4.00. The Morgan fingerprint density at radius 2 is 1.80 bits per heavy atom. The predicted molar refractivity (Wildman–Crippen MR) is 78.1 cm³/mol. The van der Waals surface area contributed by atoms with E-state index in [1.54, 1.807) is 43.5 Å². The number of carboxylic acids is 1. The molecule has 0 unspecified atom stereocenters. The van der Waals surface area contributed by atoms with Crippen molar-refractivity contribution in [2.24, 2.45) is 0 Å². The van der Waals surface area contributed by atoms with Crippen LogP contribution in [-0.2, 0) is 0 Å². The van der Waals surface area contributed by atoms with Gasteiger partial charge in [0.05, 0.1) is 5.56 Å². The Balaban J connectivity index is 2.67. The number of carbonyl (C=O) groups excluding carboxylic acids is 1. The van der Waals surface area contributed by atoms with Gasteiger partial charge in [-0.3, -0.25) is 4.79 Å². The standard InChI is InChI=1S/C16H15NO3/c1-3-10-17(2)15(18)12-8-4-6-11-7-5-9-13(14(11)12)16(19)20/h3-9H,1,10H2,2H3,(H,19,20). The summed E-state index contributed by atoms with van der Waals surface area (Å²) in [7, 11) is 1.66. The molecule has 0 atom stereocenters. The van der Waals surface area contributed by atoms with Crippen LogP contribution in [0, 0.1) is 0 Å². The highest BCUT2D eigenvalue weighted by Gasteiger charge is 2.18. The summed E-state index contributed by atoms with van der Waals surface area (Å²) in [6, 6.07) is 10.2. The number of likely N-dealkylation sites (N-methyl/N-ethyl adjacent to an activating group) is 1. The lowest BCUT2D eigenvalue weighted by atomic mass is 9.98. The number of carboxylic acid groups (broad SMARTS) is 1. The van der Waals surface area contributed by atoms with Gasteiger partial charge in [0.25, 0.3) is 5.91 Å². The molecule has 2 rings (SSSR count). The zero-order valence-corrected chi connectivity index (χ0v) is 11.2. The van der Waals surface area contributed by atoms with Crippen LogP contribution in [0.1, 0.15) is 20.7 Å². The van der Waals surface area contributed by atoms with Crippen molar-refractivity contribution in [1.82, 2.24) is 4.90 Å². The van der Waals surface area contributed by atoms with Crippen molar-refractivity contribution in [2.45, 2.75) is 0 Å². The van der Waals surface area contributed by atoms with Gasteiger partial charge >= 0.3 is 5.97 Å². The number of nitrogens with zero attached hydrogens (tertiary/aromatic N) is 1. The molecule has 0 saturated heterocycles. The molecular formula is C16H15NO3. The van der Waals surface area contributed by atoms with E-state index in [2.05, 4.69) is 6.58 Å². The first kappa shape index (κ1) is 13.8. The maximum Gasteiger partial charge on any atom is 0.336 e. The van der Waals surface area contributed by atoms with Crippen molar-refractivity contribution in [1.29, 1.82) is 0 Å². The number of hydrogen-bond acceptors (Lipinski definition) is 2. The van der Waals surface area contributed by atoms with Crippen LogP contribution in [0.25, 0.3) is 10.8 Å². The maximum atomic E-state index is 12.4. The topological polar surface area (TPSA) is 57.6 Å². The molecule has 0 fully saturated rings. The first-order valence-electron chi connectivity index (χ1n) is 6.17. The molecule has 2 aromatic rings. The number of amides is 1. The van der Waals surface area contributed by atoms with E-state index in [1.165, 1.54) is 11.0 Å². The average Bonchev–Trinajstić information content (AvgIpc) is 2.45. The molecule has 1 N–H and O–H groups in total. The molecule has 0 saturated carbocycles. The van der Waals surface area contributed by atoms with Gasteiger partial charge in [-0.1, -0.05) is 30.3 Å². The van der Waals surface area contributed by atoms with Crippen molar-refractivity contribution < 1.29 is 14.7 Å². The highest BCUT2D eigenvalue weighted by molar-refractivity contribution is 6.14. The summed E-state index contributed by atoms with van der Waals surface area (Å²) in [6.07, 6.45) is 1.63. The third-order valence-corrected chi connectivity index (χ3v) is 3.12. The summed E-state index contributed by atoms with van der Waals surface area (Å²) in [5, 5.41) is 10.5. The summed E-state index contributed by atoms with van der Waals surface area (Å²) >= 11 is 0. The normalized spacial score (nSPS) is 10.2. The molecule has 0 aromatic heterocycles. The average molecular weight is 269 g/mol. The van der Waals surface area contributed by atoms with Gasteiger partial charge in [0, 0.05) is 24.5 Å². The second-order valence-corrected chi connectivity index (χ2v) is 4.49. The number of fused-ring (bicyclic) bond motifs is 1. The number of aromatic carboxylic acids is 1. The second-order valence-electron chi connectivity index (χ2n) is 4.49. The Hall–Kier alpha value is -2.62. The van der Waals surface area contributed by atoms with Gasteiger partial charge in [-0.05, 0) is 17.5 Å². The van der Waals surface area contributed by atoms with Gasteiger partial charge < -0.3 is 10.0 Å². The van der Waals surface area contributed by atoms with Gasteiger partial charge in [-0.25, -0.2) is 4.79 Å². The molecule has 102 valence electrons. The third kappa shape index (κ3) is 2.40. The second kappa shape index (κ2) is 5.57. The van der Waals surface area contributed by atoms with Crippen LogP contribution in [0.15, 0.2) is 49.1 Å². The minimum Gasteiger partial charge on any atom is -0.478 e. The van der Waals surface area contributed by atoms with E-state index >= 15 is 0 Å². The van der Waals surface area contributed by atoms with Gasteiger partial charge in [0.2, 0.25) is 0 Å². The summed E-state index contributed by atoms with van der Waals surface area (Å²) < 4.78 is 0. The van der Waals surface area contributed by atoms with E-state index in [0.29, 0.717) is 17.5 Å². The summed E-state index contributed by atoms with van der Waals surface area (Å²) in [5.41, 5.74) is 0.531. The van der Waals surface area contributed by atoms with Crippen LogP contribution < -0.4 is 0 Å². The fourth-order valence-electron chi connectivity index (χ4n) is 2.18. The highest BCUT2D eigenvalue weighted by atomic mass is 16.4. The Labute approximate surface area is 116 Å². The number of rotatable bonds is 4. The van der Waals surface area contributed by atoms with Crippen LogP contribution in [-0.4, -0.2) is 35.5 Å². The smallest absolute Gasteiger partial charge is 0.336 e. The molecule has 1 amide bonds. The first-order valence-corrected chi connectivity index (χ1v) is 6.17. The Bertz CT molecular complexity index is 686. The molecule has 0 aliphatic rings. The van der Waals surface area contributed by atoms with Crippen LogP contribution in [0.4, 0.5) is 0 Å². The molecule has 0 aliphatic carbocycles. The molecule has 2 aromatic carbocycles. The number of benzene rings is 2. The van der Waals surface area contributed by atoms with Gasteiger partial charge in [-0.2, -0.15) is 0 Å². The van der Waals surface area contributed by atoms with E-state index in [-0.39, 0.29) is 11.5 Å². The van der Waals surface area contributed by atoms with Crippen LogP contribution in [0.5, 0.6) is 0 Å². The van der Waals surface area contributed by atoms with Crippen LogP contribution in [0.2, 0.25) is 0 Å². The van der Waals surface area contributed by atoms with E-state index in [4.69, 9.17) is 0 Å². The third-order valence-electron chi connectivity index (χ3n) is 3.12. The molecule has 0 bridgehead atoms. The SMILES string of the molecule is C=CCN(C)C(=O)c1cccc2cccc(C(=O)O)c12. The minimum atomic E-state index is -1.04. The quantitative estimate of drug-likeness (QED) is 0.868. The molecule has 4 heteroatoms. The molecule has 0 spiro atoms. The van der Waals surface area contributed by atoms with Gasteiger partial charge in [0.1, 0.15) is 0 Å². The van der Waals surface area contributed by atoms with E-state index < -0.39 is 5.97 Å². The molecule has 0 heterocycles. The van der Waals surface area contributed by atoms with E-state index in [9.17, 15) is 14.7 Å². The van der Waals surface area contributed by atoms with Crippen molar-refractivity contribution in [3.05, 3.63) is 60.2 Å². The zero-order chi connectivity index (χ0) is 14.7. The molecule has 0 aliphatic heterocycles. The Morgan fingerprint density at radius 1 is 1.20 bits per heavy atom. The maximum absolute atomic E-state index is 12.4. The molecule has 20 heavy (non-hydrogen) atoms. The zero-order valence-electron chi connectivity index (χ0n) is 11.2. The summed E-state index contributed by atoms with van der Waals surface area (Å²) in [4.78, 5) is 25.3. The monoisotopic (exact) mass is 269 g/mol. The van der Waals surface area contributed by atoms with Crippen LogP contribution >= 0.6 is 0 Å². The van der Waals surface area contributed by atoms with Gasteiger partial charge in [0.15, 0.2) is 0 Å². The van der Waals surface area contributed by atoms with E-state index in [0.717, 1.165) is 5.39 Å². The van der Waals surface area contributed by atoms with Crippen LogP contribution in [0.3, 0.4) is 0 Å². The lowest BCUT2D eigenvalue weighted by Gasteiger charge is -2.17. The van der Waals surface area contributed by atoms with Crippen molar-refractivity contribution in [3.63, 3.8) is 0 Å². The number of hydrogen-bond donors (Lipinski definition) is 1. The Morgan fingerprint density at radius 3 is 2.35 bits per heavy atom. The predicted octanol–water partition coefficient (Wildman–Crippen LogP) is 2.80. The lowest BCUT2D eigenvalue weighted by Crippen LogP contribution is -2.27. The Kier molecular flexibility index (Phi) is 3.84. The fourth-order valence-corrected chi connectivity index (χ4v) is 2.18. The molecule has 0 radical (unpaired) electrons. The largest absolute Gasteiger partial charge is 0.478 e. The molecular weight excluding hydrogens is 254 g/mol. The lowest BCUT2D eigenvalue weighted by molar-refractivity contribution is 0.0699. The van der Waals surface area contributed by atoms with E-state index in [1.807, 2.05) is 0 Å². The fraction of sp³-hybridized carbons (Fsp3) is 0.125. The first-order chi connectivity index (χ1) is 9.56. The minimum absolute atomic E-state index is 0.137. The van der Waals surface area contributed by atoms with Crippen molar-refractivity contribution in [2.75, 3.05) is 13.6 Å². The highest BCUT2D eigenvalue weighted by Crippen LogP contribution is 2.24. The van der Waals surface area contributed by atoms with Crippen molar-refractivity contribution in [3.8, 4) is 0 Å². The van der Waals surface area contributed by atoms with Gasteiger partial charge in [-0.15, -0.1) is 6.58 Å². The molecule has 4 nitrogen and oxygen atoms in total. The van der Waals surface area contributed by atoms with Crippen molar-refractivity contribution >= 4 is 22.6 Å². The summed E-state index contributed by atoms with van der Waals surface area (Å²) in [5.74, 6) is -1.26.